The second-order valence-corrected chi connectivity index (χ2v) is 12.8. The summed E-state index contributed by atoms with van der Waals surface area (Å²) in [6.07, 6.45) is 11.2. The van der Waals surface area contributed by atoms with Gasteiger partial charge in [-0.1, -0.05) is 42.8 Å². The van der Waals surface area contributed by atoms with Crippen LogP contribution in [0.1, 0.15) is 61.6 Å². The van der Waals surface area contributed by atoms with Crippen LogP contribution in [0.3, 0.4) is 0 Å². The highest BCUT2D eigenvalue weighted by atomic mass is 32.2. The van der Waals surface area contributed by atoms with Crippen LogP contribution in [0.2, 0.25) is 0 Å². The molecular formula is C29H40N2O3S. The average molecular weight is 497 g/mol. The molecule has 2 unspecified atom stereocenters. The van der Waals surface area contributed by atoms with E-state index >= 15 is 0 Å². The van der Waals surface area contributed by atoms with Crippen molar-refractivity contribution in [3.63, 3.8) is 0 Å². The van der Waals surface area contributed by atoms with E-state index in [-0.39, 0.29) is 17.8 Å². The maximum Gasteiger partial charge on any atom is 0.234 e. The molecule has 5 rings (SSSR count). The number of fused-ring (bicyclic) bond motifs is 3. The van der Waals surface area contributed by atoms with E-state index in [9.17, 15) is 8.42 Å². The Balaban J connectivity index is 1.17. The first-order chi connectivity index (χ1) is 17.0. The summed E-state index contributed by atoms with van der Waals surface area (Å²) < 4.78 is 32.4. The molecule has 0 aromatic heterocycles. The van der Waals surface area contributed by atoms with Gasteiger partial charge in [-0.15, -0.1) is 0 Å². The lowest BCUT2D eigenvalue weighted by molar-refractivity contribution is 0.0497. The highest BCUT2D eigenvalue weighted by molar-refractivity contribution is 7.92. The molecule has 0 radical (unpaired) electrons. The fourth-order valence-corrected chi connectivity index (χ4v) is 7.86. The largest absolute Gasteiger partial charge is 0.384 e. The van der Waals surface area contributed by atoms with Crippen molar-refractivity contribution in [1.82, 2.24) is 4.90 Å². The molecule has 1 saturated heterocycles. The van der Waals surface area contributed by atoms with Crippen molar-refractivity contribution in [2.45, 2.75) is 69.2 Å². The second kappa shape index (κ2) is 10.6. The van der Waals surface area contributed by atoms with Gasteiger partial charge in [0.15, 0.2) is 0 Å². The van der Waals surface area contributed by atoms with Gasteiger partial charge in [-0.3, -0.25) is 4.72 Å². The second-order valence-electron chi connectivity index (χ2n) is 11.0. The normalized spacial score (nSPS) is 24.9. The summed E-state index contributed by atoms with van der Waals surface area (Å²) in [5.41, 5.74) is 5.29. The van der Waals surface area contributed by atoms with Gasteiger partial charge < -0.3 is 9.64 Å². The summed E-state index contributed by atoms with van der Waals surface area (Å²) in [6.45, 7) is 2.57. The zero-order chi connectivity index (χ0) is 24.3. The van der Waals surface area contributed by atoms with Crippen molar-refractivity contribution in [3.8, 4) is 0 Å². The van der Waals surface area contributed by atoms with Gasteiger partial charge in [-0.25, -0.2) is 8.42 Å². The summed E-state index contributed by atoms with van der Waals surface area (Å²) in [7, 11) is -1.87. The van der Waals surface area contributed by atoms with E-state index < -0.39 is 10.0 Å². The zero-order valence-electron chi connectivity index (χ0n) is 21.0. The van der Waals surface area contributed by atoms with Crippen molar-refractivity contribution in [2.75, 3.05) is 37.3 Å². The number of ether oxygens (including phenoxy) is 1. The van der Waals surface area contributed by atoms with E-state index in [2.05, 4.69) is 46.0 Å². The molecule has 2 aromatic carbocycles. The third kappa shape index (κ3) is 5.76. The first kappa shape index (κ1) is 24.8. The van der Waals surface area contributed by atoms with Crippen LogP contribution in [0.25, 0.3) is 0 Å². The smallest absolute Gasteiger partial charge is 0.234 e. The van der Waals surface area contributed by atoms with Crippen LogP contribution in [-0.4, -0.2) is 51.9 Å². The van der Waals surface area contributed by atoms with Gasteiger partial charge in [0.25, 0.3) is 0 Å². The van der Waals surface area contributed by atoms with Gasteiger partial charge in [-0.2, -0.15) is 0 Å². The number of anilines is 1. The van der Waals surface area contributed by atoms with Crippen molar-refractivity contribution >= 4 is 15.7 Å². The predicted octanol–water partition coefficient (Wildman–Crippen LogP) is 5.16. The molecular weight excluding hydrogens is 456 g/mol. The highest BCUT2D eigenvalue weighted by Gasteiger charge is 2.43. The van der Waals surface area contributed by atoms with Gasteiger partial charge in [0.05, 0.1) is 12.4 Å². The molecule has 2 aliphatic carbocycles. The third-order valence-corrected chi connectivity index (χ3v) is 9.96. The van der Waals surface area contributed by atoms with Crippen LogP contribution >= 0.6 is 0 Å². The first-order valence-corrected chi connectivity index (χ1v) is 15.0. The van der Waals surface area contributed by atoms with Gasteiger partial charge in [0.1, 0.15) is 0 Å². The molecule has 1 aliphatic heterocycles. The third-order valence-electron chi connectivity index (χ3n) is 8.71. The van der Waals surface area contributed by atoms with Gasteiger partial charge >= 0.3 is 0 Å². The van der Waals surface area contributed by atoms with Gasteiger partial charge in [0.2, 0.25) is 10.0 Å². The minimum absolute atomic E-state index is 0.0250. The van der Waals surface area contributed by atoms with Crippen LogP contribution < -0.4 is 4.72 Å². The van der Waals surface area contributed by atoms with Crippen molar-refractivity contribution in [2.24, 2.45) is 5.92 Å². The quantitative estimate of drug-likeness (QED) is 0.494. The van der Waals surface area contributed by atoms with Crippen LogP contribution in [0.4, 0.5) is 5.69 Å². The number of nitrogens with zero attached hydrogens (tertiary/aromatic N) is 1. The van der Waals surface area contributed by atoms with Crippen molar-refractivity contribution < 1.29 is 13.2 Å². The molecule has 2 aromatic rings. The topological polar surface area (TPSA) is 58.6 Å². The minimum Gasteiger partial charge on any atom is -0.384 e. The monoisotopic (exact) mass is 496 g/mol. The lowest BCUT2D eigenvalue weighted by Gasteiger charge is -2.51. The molecule has 5 nitrogen and oxygen atoms in total. The molecule has 1 N–H and O–H groups in total. The Morgan fingerprint density at radius 2 is 1.89 bits per heavy atom. The molecule has 1 heterocycles. The van der Waals surface area contributed by atoms with Crippen LogP contribution in [0.15, 0.2) is 48.5 Å². The number of sulfonamides is 1. The van der Waals surface area contributed by atoms with Crippen LogP contribution in [0, 0.1) is 5.92 Å². The number of likely N-dealkylation sites (tertiary alicyclic amines) is 1. The Morgan fingerprint density at radius 1 is 1.09 bits per heavy atom. The maximum absolute atomic E-state index is 12.4. The molecule has 190 valence electrons. The number of hydrogen-bond donors (Lipinski definition) is 1. The van der Waals surface area contributed by atoms with Crippen molar-refractivity contribution in [1.29, 1.82) is 0 Å². The van der Waals surface area contributed by atoms with Crippen molar-refractivity contribution in [3.05, 3.63) is 65.2 Å². The molecule has 2 atom stereocenters. The van der Waals surface area contributed by atoms with Crippen LogP contribution in [-0.2, 0) is 33.0 Å². The predicted molar refractivity (Wildman–Crippen MR) is 142 cm³/mol. The minimum atomic E-state index is -3.39. The molecule has 2 bridgehead atoms. The average Bonchev–Trinajstić information content (AvgIpc) is 3.27. The Morgan fingerprint density at radius 3 is 2.66 bits per heavy atom. The van der Waals surface area contributed by atoms with E-state index in [0.29, 0.717) is 11.7 Å². The Bertz CT molecular complexity index is 1090. The lowest BCUT2D eigenvalue weighted by atomic mass is 9.63. The number of nitrogens with one attached hydrogen (secondary N) is 1. The van der Waals surface area contributed by atoms with Crippen LogP contribution in [0.5, 0.6) is 0 Å². The fourth-order valence-electron chi connectivity index (χ4n) is 6.88. The maximum atomic E-state index is 12.4. The standard InChI is InChI=1S/C29H40N2O3S/c1-34-17-18-35(32,33)30-27-11-4-10-26(21-27)29-13-5-12-28(22-29)31(16-14-29)15-6-7-23-19-24-8-2-3-9-25(24)20-23/h2-4,8-11,21,23,28,30H,5-7,12-20,22H2,1H3. The summed E-state index contributed by atoms with van der Waals surface area (Å²) in [4.78, 5) is 2.76. The molecule has 35 heavy (non-hydrogen) atoms. The summed E-state index contributed by atoms with van der Waals surface area (Å²) >= 11 is 0. The number of benzene rings is 2. The molecule has 1 saturated carbocycles. The zero-order valence-corrected chi connectivity index (χ0v) is 21.9. The Hall–Kier alpha value is -1.89. The van der Waals surface area contributed by atoms with Gasteiger partial charge in [0, 0.05) is 18.8 Å². The Kier molecular flexibility index (Phi) is 7.52. The number of hydrogen-bond acceptors (Lipinski definition) is 4. The SMILES string of the molecule is COCCS(=O)(=O)Nc1cccc(C23CCCC(C2)N(CCCC2Cc4ccccc4C2)CC3)c1. The fraction of sp³-hybridized carbons (Fsp3) is 0.586. The summed E-state index contributed by atoms with van der Waals surface area (Å²) in [5.74, 6) is 0.793. The van der Waals surface area contributed by atoms with Gasteiger partial charge in [-0.05, 0) is 105 Å². The van der Waals surface area contributed by atoms with E-state index in [4.69, 9.17) is 4.74 Å². The molecule has 6 heteroatoms. The van der Waals surface area contributed by atoms with E-state index in [1.807, 2.05) is 12.1 Å². The van der Waals surface area contributed by atoms with E-state index in [0.717, 1.165) is 18.9 Å². The summed E-state index contributed by atoms with van der Waals surface area (Å²) in [6, 6.07) is 17.8. The summed E-state index contributed by atoms with van der Waals surface area (Å²) in [5, 5.41) is 0. The molecule has 0 amide bonds. The van der Waals surface area contributed by atoms with E-state index in [1.54, 1.807) is 11.1 Å². The highest BCUT2D eigenvalue weighted by Crippen LogP contribution is 2.47. The lowest BCUT2D eigenvalue weighted by Crippen LogP contribution is -2.51. The Labute approximate surface area is 211 Å². The number of rotatable bonds is 10. The number of methoxy groups -OCH3 is 1. The number of piperidine rings is 1. The van der Waals surface area contributed by atoms with E-state index in [1.165, 1.54) is 70.6 Å². The molecule has 3 aliphatic rings. The first-order valence-electron chi connectivity index (χ1n) is 13.4. The molecule has 0 spiro atoms. The molecule has 2 fully saturated rings.